The Bertz CT molecular complexity index is 1160. The second kappa shape index (κ2) is 9.22. The normalized spacial score (nSPS) is 17.4. The number of imidazole rings is 1. The van der Waals surface area contributed by atoms with Crippen LogP contribution in [-0.4, -0.2) is 57.4 Å². The van der Waals surface area contributed by atoms with Gasteiger partial charge in [-0.3, -0.25) is 9.59 Å². The second-order valence-electron chi connectivity index (χ2n) is 8.09. The van der Waals surface area contributed by atoms with Crippen molar-refractivity contribution in [3.8, 4) is 0 Å². The fourth-order valence-corrected chi connectivity index (χ4v) is 5.03. The minimum atomic E-state index is -0.135. The lowest BCUT2D eigenvalue weighted by Gasteiger charge is -2.31. The molecule has 0 unspecified atom stereocenters. The van der Waals surface area contributed by atoms with Gasteiger partial charge in [-0.1, -0.05) is 6.08 Å². The average Bonchev–Trinajstić information content (AvgIpc) is 3.52. The van der Waals surface area contributed by atoms with E-state index in [1.165, 1.54) is 11.3 Å². The molecule has 1 fully saturated rings. The lowest BCUT2D eigenvalue weighted by molar-refractivity contribution is -0.138. The summed E-state index contributed by atoms with van der Waals surface area (Å²) >= 11 is 1.40. The summed E-state index contributed by atoms with van der Waals surface area (Å²) in [5.41, 5.74) is 2.95. The predicted octanol–water partition coefficient (Wildman–Crippen LogP) is 2.76. The first-order valence-electron chi connectivity index (χ1n) is 10.9. The molecule has 32 heavy (non-hydrogen) atoms. The lowest BCUT2D eigenvalue weighted by Crippen LogP contribution is -2.40. The van der Waals surface area contributed by atoms with Gasteiger partial charge in [-0.25, -0.2) is 9.97 Å². The monoisotopic (exact) mass is 451 g/mol. The fourth-order valence-electron chi connectivity index (χ4n) is 4.13. The van der Waals surface area contributed by atoms with E-state index in [1.807, 2.05) is 33.8 Å². The highest BCUT2D eigenvalue weighted by Gasteiger charge is 2.28. The number of fused-ring (bicyclic) bond motifs is 1. The Kier molecular flexibility index (Phi) is 6.00. The summed E-state index contributed by atoms with van der Waals surface area (Å²) in [6, 6.07) is 3.92. The van der Waals surface area contributed by atoms with Gasteiger partial charge >= 0.3 is 0 Å². The number of nitrogens with zero attached hydrogens (tertiary/aromatic N) is 4. The van der Waals surface area contributed by atoms with Gasteiger partial charge in [0.15, 0.2) is 0 Å². The zero-order valence-corrected chi connectivity index (χ0v) is 18.5. The number of hydrogen-bond acceptors (Lipinski definition) is 6. The van der Waals surface area contributed by atoms with Crippen molar-refractivity contribution in [3.05, 3.63) is 58.4 Å². The van der Waals surface area contributed by atoms with E-state index in [2.05, 4.69) is 21.4 Å². The first kappa shape index (κ1) is 20.8. The zero-order valence-electron chi connectivity index (χ0n) is 17.7. The van der Waals surface area contributed by atoms with Crippen molar-refractivity contribution in [2.24, 2.45) is 5.92 Å². The van der Waals surface area contributed by atoms with Crippen molar-refractivity contribution < 1.29 is 14.3 Å². The number of thiazole rings is 1. The third-order valence-electron chi connectivity index (χ3n) is 6.01. The Hall–Kier alpha value is -3.04. The van der Waals surface area contributed by atoms with Gasteiger partial charge in [0.1, 0.15) is 15.5 Å². The van der Waals surface area contributed by atoms with Crippen molar-refractivity contribution >= 4 is 34.4 Å². The van der Waals surface area contributed by atoms with Crippen LogP contribution in [0.25, 0.3) is 11.2 Å². The van der Waals surface area contributed by atoms with E-state index in [0.29, 0.717) is 37.7 Å². The smallest absolute Gasteiger partial charge is 0.263 e. The quantitative estimate of drug-likeness (QED) is 0.644. The van der Waals surface area contributed by atoms with Crippen LogP contribution >= 0.6 is 11.3 Å². The molecule has 3 aromatic rings. The lowest BCUT2D eigenvalue weighted by atomic mass is 9.97. The van der Waals surface area contributed by atoms with Gasteiger partial charge in [0.05, 0.1) is 6.20 Å². The molecular formula is C23H25N5O3S. The molecule has 1 N–H and O–H groups in total. The Morgan fingerprint density at radius 2 is 2.09 bits per heavy atom. The minimum absolute atomic E-state index is 0.0862. The molecule has 0 bridgehead atoms. The number of hydrogen-bond donors (Lipinski definition) is 1. The highest BCUT2D eigenvalue weighted by atomic mass is 32.1. The SMILES string of the molecule is O=C(NCc1ccn2ccnc2c1)c1cnc(C2=CCN(C(=O)C3CCOCC3)CC2)s1. The number of amides is 2. The van der Waals surface area contributed by atoms with Crippen molar-refractivity contribution in [2.45, 2.75) is 25.8 Å². The topological polar surface area (TPSA) is 88.8 Å². The van der Waals surface area contributed by atoms with Gasteiger partial charge in [-0.2, -0.15) is 0 Å². The number of rotatable bonds is 5. The second-order valence-corrected chi connectivity index (χ2v) is 9.12. The van der Waals surface area contributed by atoms with Crippen LogP contribution in [-0.2, 0) is 16.1 Å². The number of ether oxygens (including phenoxy) is 1. The maximum atomic E-state index is 12.7. The maximum absolute atomic E-state index is 12.7. The third kappa shape index (κ3) is 4.44. The molecule has 2 aliphatic heterocycles. The Labute approximate surface area is 189 Å². The van der Waals surface area contributed by atoms with E-state index in [-0.39, 0.29) is 17.7 Å². The molecule has 0 radical (unpaired) electrons. The number of pyridine rings is 1. The molecule has 2 amide bonds. The summed E-state index contributed by atoms with van der Waals surface area (Å²) in [5.74, 6) is 0.184. The Morgan fingerprint density at radius 1 is 1.22 bits per heavy atom. The van der Waals surface area contributed by atoms with E-state index in [9.17, 15) is 9.59 Å². The summed E-state index contributed by atoms with van der Waals surface area (Å²) < 4.78 is 7.29. The largest absolute Gasteiger partial charge is 0.381 e. The van der Waals surface area contributed by atoms with E-state index in [0.717, 1.165) is 41.1 Å². The zero-order chi connectivity index (χ0) is 21.9. The van der Waals surface area contributed by atoms with Crippen LogP contribution in [0.2, 0.25) is 0 Å². The number of aromatic nitrogens is 3. The van der Waals surface area contributed by atoms with Gasteiger partial charge in [0, 0.05) is 57.4 Å². The molecular weight excluding hydrogens is 426 g/mol. The molecule has 1 saturated heterocycles. The maximum Gasteiger partial charge on any atom is 0.263 e. The Balaban J connectivity index is 1.17. The summed E-state index contributed by atoms with van der Waals surface area (Å²) in [6.07, 6.45) is 11.6. The standard InChI is InChI=1S/C23H25N5O3S/c29-21(25-14-16-1-7-27-10-6-24-20(27)13-16)19-15-26-22(32-19)17-2-8-28(9-3-17)23(30)18-4-11-31-12-5-18/h1-2,6-7,10,13,15,18H,3-5,8-9,11-12,14H2,(H,25,29). The van der Waals surface area contributed by atoms with Gasteiger partial charge in [-0.15, -0.1) is 11.3 Å². The molecule has 2 aliphatic rings. The summed E-state index contributed by atoms with van der Waals surface area (Å²) in [5, 5.41) is 3.81. The molecule has 9 heteroatoms. The summed E-state index contributed by atoms with van der Waals surface area (Å²) in [7, 11) is 0. The number of nitrogens with one attached hydrogen (secondary N) is 1. The van der Waals surface area contributed by atoms with Gasteiger partial charge in [0.2, 0.25) is 5.91 Å². The minimum Gasteiger partial charge on any atom is -0.381 e. The van der Waals surface area contributed by atoms with Crippen LogP contribution in [0.4, 0.5) is 0 Å². The molecule has 8 nitrogen and oxygen atoms in total. The van der Waals surface area contributed by atoms with Crippen LogP contribution in [0, 0.1) is 5.92 Å². The van der Waals surface area contributed by atoms with Crippen LogP contribution in [0.5, 0.6) is 0 Å². The van der Waals surface area contributed by atoms with E-state index < -0.39 is 0 Å². The molecule has 0 aromatic carbocycles. The van der Waals surface area contributed by atoms with Gasteiger partial charge in [-0.05, 0) is 42.5 Å². The highest BCUT2D eigenvalue weighted by Crippen LogP contribution is 2.28. The molecule has 0 atom stereocenters. The first-order chi connectivity index (χ1) is 15.7. The average molecular weight is 452 g/mol. The molecule has 0 aliphatic carbocycles. The van der Waals surface area contributed by atoms with Gasteiger partial charge in [0.25, 0.3) is 5.91 Å². The first-order valence-corrected chi connectivity index (χ1v) is 11.7. The van der Waals surface area contributed by atoms with E-state index >= 15 is 0 Å². The summed E-state index contributed by atoms with van der Waals surface area (Å²) in [4.78, 5) is 36.6. The van der Waals surface area contributed by atoms with Gasteiger partial charge < -0.3 is 19.4 Å². The molecule has 5 rings (SSSR count). The van der Waals surface area contributed by atoms with Crippen molar-refractivity contribution in [2.75, 3.05) is 26.3 Å². The van der Waals surface area contributed by atoms with Crippen molar-refractivity contribution in [3.63, 3.8) is 0 Å². The van der Waals surface area contributed by atoms with Crippen molar-refractivity contribution in [1.29, 1.82) is 0 Å². The van der Waals surface area contributed by atoms with Crippen LogP contribution in [0.3, 0.4) is 0 Å². The molecule has 166 valence electrons. The molecule has 0 saturated carbocycles. The number of carbonyl (C=O) groups is 2. The molecule has 0 spiro atoms. The van der Waals surface area contributed by atoms with Crippen LogP contribution in [0.1, 0.15) is 39.5 Å². The molecule has 5 heterocycles. The third-order valence-corrected chi connectivity index (χ3v) is 7.08. The Morgan fingerprint density at radius 3 is 2.91 bits per heavy atom. The van der Waals surface area contributed by atoms with E-state index in [4.69, 9.17) is 4.74 Å². The molecule has 3 aromatic heterocycles. The van der Waals surface area contributed by atoms with Crippen LogP contribution < -0.4 is 5.32 Å². The van der Waals surface area contributed by atoms with E-state index in [1.54, 1.807) is 12.4 Å². The van der Waals surface area contributed by atoms with Crippen molar-refractivity contribution in [1.82, 2.24) is 24.6 Å². The highest BCUT2D eigenvalue weighted by molar-refractivity contribution is 7.14. The number of carbonyl (C=O) groups excluding carboxylic acids is 2. The summed E-state index contributed by atoms with van der Waals surface area (Å²) in [6.45, 7) is 3.07. The van der Waals surface area contributed by atoms with Crippen LogP contribution in [0.15, 0.2) is 43.0 Å². The predicted molar refractivity (Wildman–Crippen MR) is 121 cm³/mol. The fraction of sp³-hybridized carbons (Fsp3) is 0.391.